The van der Waals surface area contributed by atoms with Crippen molar-refractivity contribution in [1.82, 2.24) is 4.90 Å². The van der Waals surface area contributed by atoms with E-state index in [0.717, 1.165) is 17.5 Å². The summed E-state index contributed by atoms with van der Waals surface area (Å²) in [5.74, 6) is 0.0108. The molecule has 1 aliphatic heterocycles. The second-order valence-corrected chi connectivity index (χ2v) is 7.07. The molecule has 2 aromatic rings. The highest BCUT2D eigenvalue weighted by Gasteiger charge is 2.32. The summed E-state index contributed by atoms with van der Waals surface area (Å²) in [5.41, 5.74) is 2.52. The summed E-state index contributed by atoms with van der Waals surface area (Å²) in [6, 6.07) is 17.9. The molecule has 4 heteroatoms. The van der Waals surface area contributed by atoms with Crippen molar-refractivity contribution in [3.8, 4) is 0 Å². The summed E-state index contributed by atoms with van der Waals surface area (Å²) in [5, 5.41) is 9.68. The Hall–Kier alpha value is -2.17. The minimum Gasteiger partial charge on any atom is -0.396 e. The predicted molar refractivity (Wildman–Crippen MR) is 97.6 cm³/mol. The average Bonchev–Trinajstić information content (AvgIpc) is 2.85. The Labute approximate surface area is 149 Å². The summed E-state index contributed by atoms with van der Waals surface area (Å²) in [6.07, 6.45) is 0.727. The van der Waals surface area contributed by atoms with Crippen LogP contribution in [0.25, 0.3) is 0 Å². The van der Waals surface area contributed by atoms with E-state index >= 15 is 0 Å². The molecular formula is C21H25NO3. The quantitative estimate of drug-likeness (QED) is 0.932. The van der Waals surface area contributed by atoms with Crippen molar-refractivity contribution in [3.05, 3.63) is 71.3 Å². The Kier molecular flexibility index (Phi) is 5.51. The van der Waals surface area contributed by atoms with Gasteiger partial charge in [-0.15, -0.1) is 0 Å². The van der Waals surface area contributed by atoms with Crippen LogP contribution in [0, 0.1) is 5.41 Å². The third kappa shape index (κ3) is 4.27. The molecule has 2 aromatic carbocycles. The number of ether oxygens (including phenoxy) is 1. The largest absolute Gasteiger partial charge is 0.396 e. The molecule has 25 heavy (non-hydrogen) atoms. The normalized spacial score (nSPS) is 21.0. The zero-order valence-electron chi connectivity index (χ0n) is 14.6. The first-order valence-corrected chi connectivity index (χ1v) is 8.71. The van der Waals surface area contributed by atoms with Gasteiger partial charge in [-0.1, -0.05) is 55.5 Å². The lowest BCUT2D eigenvalue weighted by Crippen LogP contribution is -2.42. The second kappa shape index (κ2) is 7.81. The van der Waals surface area contributed by atoms with Crippen molar-refractivity contribution in [2.24, 2.45) is 5.41 Å². The fourth-order valence-corrected chi connectivity index (χ4v) is 3.22. The highest BCUT2D eigenvalue weighted by molar-refractivity contribution is 5.95. The maximum absolute atomic E-state index is 13.2. The summed E-state index contributed by atoms with van der Waals surface area (Å²) in [7, 11) is 0. The van der Waals surface area contributed by atoms with E-state index in [9.17, 15) is 9.90 Å². The van der Waals surface area contributed by atoms with Gasteiger partial charge in [0, 0.05) is 24.1 Å². The summed E-state index contributed by atoms with van der Waals surface area (Å²) in [4.78, 5) is 15.0. The second-order valence-electron chi connectivity index (χ2n) is 7.07. The van der Waals surface area contributed by atoms with E-state index < -0.39 is 5.41 Å². The Balaban J connectivity index is 1.84. The summed E-state index contributed by atoms with van der Waals surface area (Å²) in [6.45, 7) is 3.98. The molecule has 1 unspecified atom stereocenters. The van der Waals surface area contributed by atoms with E-state index in [1.54, 1.807) is 0 Å². The van der Waals surface area contributed by atoms with Crippen LogP contribution in [0.15, 0.2) is 54.6 Å². The van der Waals surface area contributed by atoms with Gasteiger partial charge >= 0.3 is 0 Å². The van der Waals surface area contributed by atoms with Crippen LogP contribution in [0.2, 0.25) is 0 Å². The number of carbonyl (C=O) groups is 1. The van der Waals surface area contributed by atoms with Crippen LogP contribution >= 0.6 is 0 Å². The van der Waals surface area contributed by atoms with Crippen LogP contribution in [0.3, 0.4) is 0 Å². The molecule has 0 saturated carbocycles. The van der Waals surface area contributed by atoms with Crippen molar-refractivity contribution in [3.63, 3.8) is 0 Å². The summed E-state index contributed by atoms with van der Waals surface area (Å²) < 4.78 is 5.59. The first-order valence-electron chi connectivity index (χ1n) is 8.71. The molecule has 4 nitrogen and oxygen atoms in total. The fraction of sp³-hybridized carbons (Fsp3) is 0.381. The fourth-order valence-electron chi connectivity index (χ4n) is 3.22. The van der Waals surface area contributed by atoms with Gasteiger partial charge in [-0.25, -0.2) is 0 Å². The Morgan fingerprint density at radius 2 is 1.88 bits per heavy atom. The van der Waals surface area contributed by atoms with E-state index in [1.807, 2.05) is 54.3 Å². The number of benzene rings is 2. The lowest BCUT2D eigenvalue weighted by molar-refractivity contribution is 0.0340. The minimum atomic E-state index is -0.416. The van der Waals surface area contributed by atoms with Crippen molar-refractivity contribution >= 4 is 5.91 Å². The number of amides is 1. The van der Waals surface area contributed by atoms with Gasteiger partial charge in [-0.2, -0.15) is 0 Å². The van der Waals surface area contributed by atoms with Gasteiger partial charge in [-0.3, -0.25) is 4.79 Å². The Morgan fingerprint density at radius 1 is 1.16 bits per heavy atom. The molecule has 1 aliphatic rings. The Bertz CT molecular complexity index is 716. The van der Waals surface area contributed by atoms with Gasteiger partial charge in [0.05, 0.1) is 19.8 Å². The molecule has 132 valence electrons. The highest BCUT2D eigenvalue weighted by atomic mass is 16.5. The van der Waals surface area contributed by atoms with Gasteiger partial charge in [0.25, 0.3) is 5.91 Å². The van der Waals surface area contributed by atoms with E-state index in [1.165, 1.54) is 5.56 Å². The molecule has 0 aliphatic carbocycles. The average molecular weight is 339 g/mol. The molecule has 0 bridgehead atoms. The molecular weight excluding hydrogens is 314 g/mol. The monoisotopic (exact) mass is 339 g/mol. The number of nitrogens with zero attached hydrogens (tertiary/aromatic N) is 1. The van der Waals surface area contributed by atoms with Crippen LogP contribution in [-0.2, 0) is 11.2 Å². The first kappa shape index (κ1) is 17.6. The molecule has 1 atom stereocenters. The number of aliphatic hydroxyl groups excluding tert-OH is 1. The molecule has 0 aromatic heterocycles. The van der Waals surface area contributed by atoms with Crippen molar-refractivity contribution in [1.29, 1.82) is 0 Å². The van der Waals surface area contributed by atoms with E-state index in [2.05, 4.69) is 12.1 Å². The van der Waals surface area contributed by atoms with Crippen molar-refractivity contribution < 1.29 is 14.6 Å². The number of hydrogen-bond donors (Lipinski definition) is 1. The third-order valence-electron chi connectivity index (χ3n) is 4.68. The SMILES string of the molecule is CC1(CO)COCCN(C(=O)c2ccccc2Cc2ccccc2)C1. The van der Waals surface area contributed by atoms with Gasteiger partial charge in [0.1, 0.15) is 0 Å². The number of aliphatic hydroxyl groups is 1. The first-order chi connectivity index (χ1) is 12.1. The number of rotatable bonds is 4. The standard InChI is InChI=1S/C21H25NO3/c1-21(15-23)14-22(11-12-25-16-21)20(24)19-10-6-5-9-18(19)13-17-7-3-2-4-8-17/h2-10,23H,11-16H2,1H3. The zero-order chi connectivity index (χ0) is 17.7. The third-order valence-corrected chi connectivity index (χ3v) is 4.68. The lowest BCUT2D eigenvalue weighted by Gasteiger charge is -2.30. The van der Waals surface area contributed by atoms with E-state index in [-0.39, 0.29) is 12.5 Å². The maximum atomic E-state index is 13.2. The van der Waals surface area contributed by atoms with Crippen LogP contribution in [0.4, 0.5) is 0 Å². The summed E-state index contributed by atoms with van der Waals surface area (Å²) >= 11 is 0. The van der Waals surface area contributed by atoms with Gasteiger partial charge in [0.15, 0.2) is 0 Å². The molecule has 1 heterocycles. The lowest BCUT2D eigenvalue weighted by atomic mass is 9.92. The molecule has 1 fully saturated rings. The molecule has 1 amide bonds. The molecule has 1 N–H and O–H groups in total. The highest BCUT2D eigenvalue weighted by Crippen LogP contribution is 2.23. The maximum Gasteiger partial charge on any atom is 0.254 e. The number of carbonyl (C=O) groups excluding carboxylic acids is 1. The number of hydrogen-bond acceptors (Lipinski definition) is 3. The smallest absolute Gasteiger partial charge is 0.254 e. The van der Waals surface area contributed by atoms with Crippen molar-refractivity contribution in [2.45, 2.75) is 13.3 Å². The zero-order valence-corrected chi connectivity index (χ0v) is 14.6. The van der Waals surface area contributed by atoms with Crippen LogP contribution in [0.5, 0.6) is 0 Å². The van der Waals surface area contributed by atoms with Gasteiger partial charge < -0.3 is 14.7 Å². The Morgan fingerprint density at radius 3 is 2.64 bits per heavy atom. The van der Waals surface area contributed by atoms with Crippen LogP contribution < -0.4 is 0 Å². The van der Waals surface area contributed by atoms with Crippen LogP contribution in [0.1, 0.15) is 28.4 Å². The van der Waals surface area contributed by atoms with E-state index in [0.29, 0.717) is 26.3 Å². The minimum absolute atomic E-state index is 0.00242. The molecule has 0 spiro atoms. The van der Waals surface area contributed by atoms with Crippen molar-refractivity contribution in [2.75, 3.05) is 32.9 Å². The van der Waals surface area contributed by atoms with E-state index in [4.69, 9.17) is 4.74 Å². The van der Waals surface area contributed by atoms with Gasteiger partial charge in [0.2, 0.25) is 0 Å². The molecule has 3 rings (SSSR count). The predicted octanol–water partition coefficient (Wildman–Crippen LogP) is 2.75. The van der Waals surface area contributed by atoms with Gasteiger partial charge in [-0.05, 0) is 23.6 Å². The molecule has 0 radical (unpaired) electrons. The molecule has 1 saturated heterocycles. The topological polar surface area (TPSA) is 49.8 Å². The van der Waals surface area contributed by atoms with Crippen LogP contribution in [-0.4, -0.2) is 48.8 Å².